The number of nitrogens with one attached hydrogen (secondary N) is 2. The maximum atomic E-state index is 10.6. The molecule has 2 amide bonds. The van der Waals surface area contributed by atoms with E-state index >= 15 is 0 Å². The number of halogens is 2. The molecule has 0 aromatic rings. The molecule has 0 spiro atoms. The topological polar surface area (TPSA) is 98.7 Å². The third-order valence-corrected chi connectivity index (χ3v) is 4.24. The van der Waals surface area contributed by atoms with E-state index in [0.717, 1.165) is 36.3 Å². The van der Waals surface area contributed by atoms with E-state index in [0.29, 0.717) is 13.1 Å². The Labute approximate surface area is 135 Å². The zero-order valence-corrected chi connectivity index (χ0v) is 14.5. The van der Waals surface area contributed by atoms with Gasteiger partial charge in [-0.2, -0.15) is 0 Å². The van der Waals surface area contributed by atoms with Gasteiger partial charge in [-0.3, -0.25) is 0 Å². The van der Waals surface area contributed by atoms with Crippen LogP contribution in [0.1, 0.15) is 25.7 Å². The second-order valence-electron chi connectivity index (χ2n) is 4.55. The number of amides is 2. The van der Waals surface area contributed by atoms with E-state index in [1.807, 2.05) is 0 Å². The van der Waals surface area contributed by atoms with Crippen molar-refractivity contribution in [2.24, 2.45) is 11.8 Å². The molecule has 0 aliphatic heterocycles. The van der Waals surface area contributed by atoms with Gasteiger partial charge in [-0.15, -0.1) is 0 Å². The average molecular weight is 418 g/mol. The van der Waals surface area contributed by atoms with Gasteiger partial charge < -0.3 is 20.8 Å². The molecule has 4 N–H and O–H groups in total. The van der Waals surface area contributed by atoms with Gasteiger partial charge in [-0.25, -0.2) is 9.59 Å². The lowest BCUT2D eigenvalue weighted by molar-refractivity contribution is 0.179. The number of rotatable bonds is 11. The summed E-state index contributed by atoms with van der Waals surface area (Å²) in [4.78, 5) is 21.3. The van der Waals surface area contributed by atoms with Crippen molar-refractivity contribution in [3.05, 3.63) is 0 Å². The lowest BCUT2D eigenvalue weighted by atomic mass is 9.85. The van der Waals surface area contributed by atoms with Gasteiger partial charge >= 0.3 is 12.2 Å². The second kappa shape index (κ2) is 12.3. The van der Waals surface area contributed by atoms with Crippen molar-refractivity contribution < 1.29 is 19.8 Å². The van der Waals surface area contributed by atoms with Crippen LogP contribution < -0.4 is 10.6 Å². The molecular weight excluding hydrogens is 396 g/mol. The molecule has 0 aromatic heterocycles. The Bertz CT molecular complexity index is 265. The molecule has 0 radical (unpaired) electrons. The summed E-state index contributed by atoms with van der Waals surface area (Å²) in [5, 5.41) is 24.0. The van der Waals surface area contributed by atoms with Crippen LogP contribution in [0.15, 0.2) is 0 Å². The Hall–Kier alpha value is -0.500. The van der Waals surface area contributed by atoms with Gasteiger partial charge in [-0.1, -0.05) is 31.9 Å². The van der Waals surface area contributed by atoms with Crippen LogP contribution in [0.4, 0.5) is 9.59 Å². The summed E-state index contributed by atoms with van der Waals surface area (Å²) in [6.45, 7) is 0.715. The minimum atomic E-state index is -1.04. The third kappa shape index (κ3) is 10.3. The molecular formula is C12H22Br2N2O4. The molecule has 118 valence electrons. The van der Waals surface area contributed by atoms with Crippen LogP contribution in [0.3, 0.4) is 0 Å². The van der Waals surface area contributed by atoms with Gasteiger partial charge in [-0.05, 0) is 37.5 Å². The first-order chi connectivity index (χ1) is 9.51. The van der Waals surface area contributed by atoms with Gasteiger partial charge in [0.25, 0.3) is 0 Å². The molecule has 0 saturated heterocycles. The highest BCUT2D eigenvalue weighted by Crippen LogP contribution is 2.23. The molecule has 2 unspecified atom stereocenters. The number of hydrogen-bond acceptors (Lipinski definition) is 2. The molecule has 2 atom stereocenters. The van der Waals surface area contributed by atoms with E-state index in [-0.39, 0.29) is 11.8 Å². The molecule has 0 fully saturated rings. The van der Waals surface area contributed by atoms with Crippen LogP contribution in [-0.4, -0.2) is 46.1 Å². The minimum Gasteiger partial charge on any atom is -0.465 e. The predicted octanol–water partition coefficient (Wildman–Crippen LogP) is 3.10. The lowest BCUT2D eigenvalue weighted by Crippen LogP contribution is -2.37. The summed E-state index contributed by atoms with van der Waals surface area (Å²) >= 11 is 6.74. The number of carbonyl (C=O) groups is 2. The fourth-order valence-corrected chi connectivity index (χ4v) is 2.77. The monoisotopic (exact) mass is 416 g/mol. The maximum Gasteiger partial charge on any atom is 0.404 e. The molecule has 0 aliphatic carbocycles. The summed E-state index contributed by atoms with van der Waals surface area (Å²) in [5.41, 5.74) is 0. The van der Waals surface area contributed by atoms with Crippen molar-refractivity contribution in [3.63, 3.8) is 0 Å². The van der Waals surface area contributed by atoms with Gasteiger partial charge in [0.15, 0.2) is 0 Å². The quantitative estimate of drug-likeness (QED) is 0.388. The van der Waals surface area contributed by atoms with E-state index < -0.39 is 12.2 Å². The molecule has 0 rings (SSSR count). The van der Waals surface area contributed by atoms with Crippen LogP contribution >= 0.6 is 31.9 Å². The third-order valence-electron chi connectivity index (χ3n) is 3.11. The van der Waals surface area contributed by atoms with Gasteiger partial charge in [0, 0.05) is 23.7 Å². The molecule has 0 aliphatic rings. The maximum absolute atomic E-state index is 10.6. The normalized spacial score (nSPS) is 13.5. The molecule has 0 saturated carbocycles. The SMILES string of the molecule is O=C(O)NCC(CCCBr)C(CCCBr)CNC(=O)O. The second-order valence-corrected chi connectivity index (χ2v) is 6.14. The molecule has 6 nitrogen and oxygen atoms in total. The van der Waals surface area contributed by atoms with Crippen molar-refractivity contribution in [3.8, 4) is 0 Å². The molecule has 0 aromatic carbocycles. The van der Waals surface area contributed by atoms with Crippen LogP contribution in [0.25, 0.3) is 0 Å². The first kappa shape index (κ1) is 19.5. The van der Waals surface area contributed by atoms with Crippen molar-refractivity contribution in [1.82, 2.24) is 10.6 Å². The Morgan fingerprint density at radius 2 is 1.20 bits per heavy atom. The van der Waals surface area contributed by atoms with E-state index in [1.165, 1.54) is 0 Å². The van der Waals surface area contributed by atoms with Crippen LogP contribution in [-0.2, 0) is 0 Å². The van der Waals surface area contributed by atoms with Crippen LogP contribution in [0, 0.1) is 11.8 Å². The Balaban J connectivity index is 4.56. The number of alkyl halides is 2. The highest BCUT2D eigenvalue weighted by molar-refractivity contribution is 9.09. The first-order valence-corrected chi connectivity index (χ1v) is 8.81. The van der Waals surface area contributed by atoms with Gasteiger partial charge in [0.05, 0.1) is 0 Å². The average Bonchev–Trinajstić information content (AvgIpc) is 2.39. The fraction of sp³-hybridized carbons (Fsp3) is 0.833. The van der Waals surface area contributed by atoms with Crippen molar-refractivity contribution in [2.45, 2.75) is 25.7 Å². The summed E-state index contributed by atoms with van der Waals surface area (Å²) in [5.74, 6) is 0.268. The van der Waals surface area contributed by atoms with E-state index in [9.17, 15) is 9.59 Å². The largest absolute Gasteiger partial charge is 0.465 e. The summed E-state index contributed by atoms with van der Waals surface area (Å²) in [6.07, 6.45) is 1.51. The van der Waals surface area contributed by atoms with Crippen molar-refractivity contribution in [1.29, 1.82) is 0 Å². The summed E-state index contributed by atoms with van der Waals surface area (Å²) in [6, 6.07) is 0. The highest BCUT2D eigenvalue weighted by Gasteiger charge is 2.22. The highest BCUT2D eigenvalue weighted by atomic mass is 79.9. The fourth-order valence-electron chi connectivity index (χ4n) is 2.12. The minimum absolute atomic E-state index is 0.134. The Morgan fingerprint density at radius 3 is 1.45 bits per heavy atom. The van der Waals surface area contributed by atoms with Crippen LogP contribution in [0.2, 0.25) is 0 Å². The zero-order chi connectivity index (χ0) is 15.4. The standard InChI is InChI=1S/C12H22Br2N2O4/c13-5-1-3-9(7-15-11(17)18)10(4-2-6-14)8-16-12(19)20/h9-10,15-16H,1-8H2,(H,17,18)(H,19,20). The molecule has 20 heavy (non-hydrogen) atoms. The predicted molar refractivity (Wildman–Crippen MR) is 85.1 cm³/mol. The van der Waals surface area contributed by atoms with E-state index in [2.05, 4.69) is 42.5 Å². The number of carboxylic acid groups (broad SMARTS) is 2. The van der Waals surface area contributed by atoms with E-state index in [1.54, 1.807) is 0 Å². The summed E-state index contributed by atoms with van der Waals surface area (Å²) in [7, 11) is 0. The number of hydrogen-bond donors (Lipinski definition) is 4. The lowest BCUT2D eigenvalue weighted by Gasteiger charge is -2.27. The zero-order valence-electron chi connectivity index (χ0n) is 11.3. The summed E-state index contributed by atoms with van der Waals surface area (Å²) < 4.78 is 0. The van der Waals surface area contributed by atoms with E-state index in [4.69, 9.17) is 10.2 Å². The van der Waals surface area contributed by atoms with Gasteiger partial charge in [0.2, 0.25) is 0 Å². The molecule has 0 heterocycles. The smallest absolute Gasteiger partial charge is 0.404 e. The Kier molecular flexibility index (Phi) is 12.0. The van der Waals surface area contributed by atoms with Crippen LogP contribution in [0.5, 0.6) is 0 Å². The van der Waals surface area contributed by atoms with Gasteiger partial charge in [0.1, 0.15) is 0 Å². The van der Waals surface area contributed by atoms with Crippen molar-refractivity contribution >= 4 is 44.0 Å². The van der Waals surface area contributed by atoms with Crippen molar-refractivity contribution in [2.75, 3.05) is 23.7 Å². The molecule has 0 bridgehead atoms. The Morgan fingerprint density at radius 1 is 0.850 bits per heavy atom. The first-order valence-electron chi connectivity index (χ1n) is 6.56. The molecule has 8 heteroatoms.